The maximum absolute atomic E-state index is 5.47. The van der Waals surface area contributed by atoms with Gasteiger partial charge in [-0.05, 0) is 85.5 Å². The van der Waals surface area contributed by atoms with Crippen molar-refractivity contribution in [1.82, 2.24) is 30.1 Å². The lowest BCUT2D eigenvalue weighted by Crippen LogP contribution is -2.48. The Kier molecular flexibility index (Phi) is 9.00. The van der Waals surface area contributed by atoms with Crippen molar-refractivity contribution in [2.24, 2.45) is 10.7 Å². The van der Waals surface area contributed by atoms with E-state index in [-0.39, 0.29) is 0 Å². The third-order valence-electron chi connectivity index (χ3n) is 7.65. The molecule has 11 heteroatoms. The number of piperazine rings is 1. The molecule has 0 saturated carbocycles. The number of rotatable bonds is 8. The van der Waals surface area contributed by atoms with Crippen molar-refractivity contribution in [3.8, 4) is 11.4 Å². The van der Waals surface area contributed by atoms with Gasteiger partial charge in [-0.2, -0.15) is 0 Å². The molecule has 0 unspecified atom stereocenters. The number of nitrogens with zero attached hydrogens (tertiary/aromatic N) is 6. The van der Waals surface area contributed by atoms with Crippen molar-refractivity contribution in [3.05, 3.63) is 47.2 Å². The van der Waals surface area contributed by atoms with E-state index in [1.54, 1.807) is 13.1 Å². The molecule has 2 saturated heterocycles. The first-order valence-electron chi connectivity index (χ1n) is 13.7. The van der Waals surface area contributed by atoms with Crippen LogP contribution in [0.3, 0.4) is 0 Å². The van der Waals surface area contributed by atoms with E-state index in [1.807, 2.05) is 6.20 Å². The minimum atomic E-state index is 0.446. The smallest absolute Gasteiger partial charge is 0.180 e. The first-order valence-corrected chi connectivity index (χ1v) is 14.5. The Morgan fingerprint density at radius 1 is 1.15 bits per heavy atom. The number of aromatic nitrogens is 3. The number of halogens is 1. The number of pyridine rings is 1. The molecule has 2 aromatic heterocycles. The molecule has 0 bridgehead atoms. The predicted octanol–water partition coefficient (Wildman–Crippen LogP) is 3.11. The van der Waals surface area contributed by atoms with Gasteiger partial charge in [0.2, 0.25) is 0 Å². The molecule has 2 aliphatic heterocycles. The number of hydrogen-bond acceptors (Lipinski definition) is 8. The second-order valence-corrected chi connectivity index (χ2v) is 11.1. The number of aromatic amines is 1. The Morgan fingerprint density at radius 2 is 1.90 bits per heavy atom. The van der Waals surface area contributed by atoms with E-state index >= 15 is 0 Å². The summed E-state index contributed by atoms with van der Waals surface area (Å²) in [7, 11) is 3.95. The van der Waals surface area contributed by atoms with Gasteiger partial charge < -0.3 is 31.2 Å². The number of piperidine rings is 1. The standard InChI is InChI=1S/C28H39BrN10/c1-31-24(7-10-30)32-11-14-38-15-17-39(18-16-38)22-5-3-20(4-6-22)27-35-26-25(23(29)19-33-28(26)36-27)34-21-8-12-37(2)13-9-21/h3-7,10,19,21H,8-9,11-18,30H2,1-2H3,(H,31,32)(H2,33,34,35,36). The van der Waals surface area contributed by atoms with Crippen LogP contribution in [0.4, 0.5) is 11.4 Å². The lowest BCUT2D eigenvalue weighted by atomic mass is 10.1. The van der Waals surface area contributed by atoms with Gasteiger partial charge in [-0.1, -0.05) is 0 Å². The molecule has 1 aromatic carbocycles. The van der Waals surface area contributed by atoms with Crippen LogP contribution in [0.25, 0.3) is 22.6 Å². The van der Waals surface area contributed by atoms with Crippen LogP contribution in [0.2, 0.25) is 0 Å². The van der Waals surface area contributed by atoms with Gasteiger partial charge in [-0.25, -0.2) is 9.97 Å². The normalized spacial score (nSPS) is 18.3. The summed E-state index contributed by atoms with van der Waals surface area (Å²) in [6.45, 7) is 8.13. The lowest BCUT2D eigenvalue weighted by molar-refractivity contribution is 0.262. The summed E-state index contributed by atoms with van der Waals surface area (Å²) in [5, 5.41) is 7.07. The van der Waals surface area contributed by atoms with Gasteiger partial charge in [0.15, 0.2) is 5.65 Å². The first kappa shape index (κ1) is 27.4. The lowest BCUT2D eigenvalue weighted by Gasteiger charge is -2.36. The van der Waals surface area contributed by atoms with Crippen molar-refractivity contribution in [3.63, 3.8) is 0 Å². The SMILES string of the molecule is CN=C(C=CN)NCCN1CCN(c2ccc(-c3nc4ncc(Br)c(NC5CCN(C)CC5)c4[nH]3)cc2)CC1. The molecule has 0 aliphatic carbocycles. The maximum atomic E-state index is 5.47. The molecule has 0 atom stereocenters. The molecule has 0 radical (unpaired) electrons. The second-order valence-electron chi connectivity index (χ2n) is 10.3. The third kappa shape index (κ3) is 6.71. The molecule has 5 N–H and O–H groups in total. The molecule has 208 valence electrons. The van der Waals surface area contributed by atoms with E-state index in [0.29, 0.717) is 6.04 Å². The number of likely N-dealkylation sites (tertiary alicyclic amines) is 1. The fourth-order valence-electron chi connectivity index (χ4n) is 5.27. The third-order valence-corrected chi connectivity index (χ3v) is 8.25. The molecule has 0 amide bonds. The molecular formula is C28H39BrN10. The van der Waals surface area contributed by atoms with E-state index < -0.39 is 0 Å². The van der Waals surface area contributed by atoms with E-state index in [1.165, 1.54) is 11.9 Å². The Hall–Kier alpha value is -3.15. The summed E-state index contributed by atoms with van der Waals surface area (Å²) < 4.78 is 0.959. The minimum absolute atomic E-state index is 0.446. The molecule has 3 aromatic rings. The molecule has 0 spiro atoms. The zero-order valence-electron chi connectivity index (χ0n) is 22.8. The number of benzene rings is 1. The van der Waals surface area contributed by atoms with Crippen molar-refractivity contribution >= 4 is 44.3 Å². The highest BCUT2D eigenvalue weighted by Crippen LogP contribution is 2.32. The number of H-pyrrole nitrogens is 1. The van der Waals surface area contributed by atoms with Crippen molar-refractivity contribution in [1.29, 1.82) is 0 Å². The molecule has 2 aliphatic rings. The van der Waals surface area contributed by atoms with Crippen LogP contribution in [-0.2, 0) is 0 Å². The van der Waals surface area contributed by atoms with Crippen LogP contribution in [0.1, 0.15) is 12.8 Å². The van der Waals surface area contributed by atoms with Gasteiger partial charge in [0.25, 0.3) is 0 Å². The van der Waals surface area contributed by atoms with Gasteiger partial charge >= 0.3 is 0 Å². The quantitative estimate of drug-likeness (QED) is 0.232. The monoisotopic (exact) mass is 594 g/mol. The summed E-state index contributed by atoms with van der Waals surface area (Å²) in [5.74, 6) is 1.65. The average molecular weight is 596 g/mol. The molecule has 10 nitrogen and oxygen atoms in total. The largest absolute Gasteiger partial charge is 0.404 e. The number of aliphatic imine (C=N–C) groups is 1. The summed E-state index contributed by atoms with van der Waals surface area (Å²) in [6.07, 6.45) is 7.39. The molecule has 4 heterocycles. The first-order chi connectivity index (χ1) is 19.0. The summed E-state index contributed by atoms with van der Waals surface area (Å²) >= 11 is 3.70. The van der Waals surface area contributed by atoms with Crippen LogP contribution in [0.15, 0.2) is 52.2 Å². The number of amidine groups is 1. The summed E-state index contributed by atoms with van der Waals surface area (Å²) in [6, 6.07) is 9.15. The fraction of sp³-hybridized carbons (Fsp3) is 0.464. The number of anilines is 2. The number of imidazole rings is 1. The van der Waals surface area contributed by atoms with Crippen molar-refractivity contribution < 1.29 is 0 Å². The highest BCUT2D eigenvalue weighted by molar-refractivity contribution is 9.10. The highest BCUT2D eigenvalue weighted by atomic mass is 79.9. The number of nitrogens with one attached hydrogen (secondary N) is 3. The van der Waals surface area contributed by atoms with E-state index in [0.717, 1.165) is 104 Å². The summed E-state index contributed by atoms with van der Waals surface area (Å²) in [5.41, 5.74) is 10.5. The maximum Gasteiger partial charge on any atom is 0.180 e. The summed E-state index contributed by atoms with van der Waals surface area (Å²) in [4.78, 5) is 24.4. The topological polar surface area (TPSA) is 114 Å². The van der Waals surface area contributed by atoms with Crippen LogP contribution >= 0.6 is 15.9 Å². The number of nitrogens with two attached hydrogens (primary N) is 1. The van der Waals surface area contributed by atoms with E-state index in [2.05, 4.69) is 87.5 Å². The fourth-order valence-corrected chi connectivity index (χ4v) is 5.69. The molecule has 2 fully saturated rings. The molecule has 39 heavy (non-hydrogen) atoms. The minimum Gasteiger partial charge on any atom is -0.404 e. The van der Waals surface area contributed by atoms with Crippen LogP contribution in [0, 0.1) is 0 Å². The second kappa shape index (κ2) is 12.8. The Bertz CT molecular complexity index is 1290. The number of fused-ring (bicyclic) bond motifs is 1. The Labute approximate surface area is 238 Å². The van der Waals surface area contributed by atoms with Gasteiger partial charge in [0, 0.05) is 69.8 Å². The zero-order valence-corrected chi connectivity index (χ0v) is 24.4. The number of hydrogen-bond donors (Lipinski definition) is 4. The van der Waals surface area contributed by atoms with Crippen molar-refractivity contribution in [2.45, 2.75) is 18.9 Å². The van der Waals surface area contributed by atoms with E-state index in [9.17, 15) is 0 Å². The van der Waals surface area contributed by atoms with Crippen LogP contribution < -0.4 is 21.3 Å². The Balaban J connectivity index is 1.19. The van der Waals surface area contributed by atoms with Gasteiger partial charge in [-0.15, -0.1) is 0 Å². The predicted molar refractivity (Wildman–Crippen MR) is 165 cm³/mol. The van der Waals surface area contributed by atoms with Gasteiger partial charge in [-0.3, -0.25) is 9.89 Å². The average Bonchev–Trinajstić information content (AvgIpc) is 3.40. The Morgan fingerprint density at radius 3 is 2.59 bits per heavy atom. The van der Waals surface area contributed by atoms with Gasteiger partial charge in [0.1, 0.15) is 17.2 Å². The van der Waals surface area contributed by atoms with E-state index in [4.69, 9.17) is 10.7 Å². The van der Waals surface area contributed by atoms with Crippen LogP contribution in [-0.4, -0.2) is 103 Å². The van der Waals surface area contributed by atoms with Gasteiger partial charge in [0.05, 0.1) is 10.2 Å². The molecule has 5 rings (SSSR count). The highest BCUT2D eigenvalue weighted by Gasteiger charge is 2.21. The molecular weight excluding hydrogens is 556 g/mol. The van der Waals surface area contributed by atoms with Crippen molar-refractivity contribution in [2.75, 3.05) is 76.7 Å². The van der Waals surface area contributed by atoms with Crippen LogP contribution in [0.5, 0.6) is 0 Å². The zero-order chi connectivity index (χ0) is 27.2.